The van der Waals surface area contributed by atoms with Gasteiger partial charge in [-0.15, -0.1) is 0 Å². The number of aliphatic hydroxyl groups is 1. The topological polar surface area (TPSA) is 49.8 Å². The number of carbonyl (C=O) groups excluding carboxylic acids is 1. The van der Waals surface area contributed by atoms with E-state index < -0.39 is 17.9 Å². The van der Waals surface area contributed by atoms with Crippen LogP contribution in [0.5, 0.6) is 0 Å². The number of carbonyl (C=O) groups is 1. The van der Waals surface area contributed by atoms with Crippen molar-refractivity contribution in [3.63, 3.8) is 0 Å². The van der Waals surface area contributed by atoms with E-state index in [0.29, 0.717) is 6.42 Å². The van der Waals surface area contributed by atoms with Crippen LogP contribution in [0.15, 0.2) is 0 Å². The van der Waals surface area contributed by atoms with Crippen LogP contribution in [0.4, 0.5) is 4.79 Å². The molecule has 0 aromatic heterocycles. The Hall–Kier alpha value is -0.770. The highest BCUT2D eigenvalue weighted by Crippen LogP contribution is 2.31. The predicted molar refractivity (Wildman–Crippen MR) is 62.0 cm³/mol. The highest BCUT2D eigenvalue weighted by Gasteiger charge is 2.40. The van der Waals surface area contributed by atoms with Crippen LogP contribution in [0, 0.1) is 0 Å². The third-order valence-electron chi connectivity index (χ3n) is 2.79. The molecule has 1 aliphatic heterocycles. The van der Waals surface area contributed by atoms with Gasteiger partial charge in [0.2, 0.25) is 0 Å². The fraction of sp³-hybridized carbons (Fsp3) is 0.917. The smallest absolute Gasteiger partial charge is 0.412 e. The molecule has 1 unspecified atom stereocenters. The van der Waals surface area contributed by atoms with Crippen molar-refractivity contribution >= 4 is 6.09 Å². The average molecular weight is 229 g/mol. The molecule has 1 rings (SSSR count). The third kappa shape index (κ3) is 3.11. The van der Waals surface area contributed by atoms with Crippen molar-refractivity contribution in [2.75, 3.05) is 0 Å². The van der Waals surface area contributed by atoms with Crippen molar-refractivity contribution in [3.05, 3.63) is 0 Å². The van der Waals surface area contributed by atoms with Crippen LogP contribution in [0.3, 0.4) is 0 Å². The molecular formula is C12H23NO3. The molecule has 0 radical (unpaired) electrons. The Labute approximate surface area is 97.6 Å². The summed E-state index contributed by atoms with van der Waals surface area (Å²) in [6, 6.07) is 0. The number of ether oxygens (including phenoxy) is 1. The van der Waals surface area contributed by atoms with Crippen molar-refractivity contribution in [1.82, 2.24) is 4.90 Å². The Kier molecular flexibility index (Phi) is 3.53. The van der Waals surface area contributed by atoms with E-state index >= 15 is 0 Å². The summed E-state index contributed by atoms with van der Waals surface area (Å²) >= 11 is 0. The third-order valence-corrected chi connectivity index (χ3v) is 2.79. The molecule has 4 heteroatoms. The summed E-state index contributed by atoms with van der Waals surface area (Å²) in [5, 5.41) is 9.90. The van der Waals surface area contributed by atoms with E-state index in [2.05, 4.69) is 0 Å². The molecule has 1 N–H and O–H groups in total. The number of nitrogens with zero attached hydrogens (tertiary/aromatic N) is 1. The summed E-state index contributed by atoms with van der Waals surface area (Å²) in [7, 11) is 0. The average Bonchev–Trinajstić information content (AvgIpc) is 1.97. The largest absolute Gasteiger partial charge is 0.444 e. The van der Waals surface area contributed by atoms with Gasteiger partial charge >= 0.3 is 6.09 Å². The zero-order valence-electron chi connectivity index (χ0n) is 10.9. The minimum Gasteiger partial charge on any atom is -0.444 e. The highest BCUT2D eigenvalue weighted by atomic mass is 16.6. The van der Waals surface area contributed by atoms with Crippen LogP contribution >= 0.6 is 0 Å². The number of amides is 1. The first-order valence-corrected chi connectivity index (χ1v) is 5.84. The van der Waals surface area contributed by atoms with Crippen molar-refractivity contribution in [1.29, 1.82) is 0 Å². The Balaban J connectivity index is 2.79. The zero-order valence-corrected chi connectivity index (χ0v) is 10.9. The molecule has 1 amide bonds. The normalized spacial score (nSPS) is 25.4. The molecule has 0 spiro atoms. The zero-order chi connectivity index (χ0) is 12.6. The maximum Gasteiger partial charge on any atom is 0.412 e. The van der Waals surface area contributed by atoms with Crippen LogP contribution in [0.1, 0.15) is 53.9 Å². The minimum atomic E-state index is -0.724. The summed E-state index contributed by atoms with van der Waals surface area (Å²) in [5.74, 6) is 0. The first-order valence-electron chi connectivity index (χ1n) is 5.84. The number of piperidine rings is 1. The molecule has 0 saturated carbocycles. The first kappa shape index (κ1) is 13.3. The number of hydrogen-bond donors (Lipinski definition) is 1. The summed E-state index contributed by atoms with van der Waals surface area (Å²) in [4.78, 5) is 13.4. The molecule has 0 aliphatic carbocycles. The molecule has 94 valence electrons. The van der Waals surface area contributed by atoms with Gasteiger partial charge in [0.25, 0.3) is 0 Å². The van der Waals surface area contributed by atoms with Gasteiger partial charge in [-0.1, -0.05) is 0 Å². The van der Waals surface area contributed by atoms with Gasteiger partial charge in [-0.25, -0.2) is 4.79 Å². The van der Waals surface area contributed by atoms with E-state index in [9.17, 15) is 9.90 Å². The van der Waals surface area contributed by atoms with Gasteiger partial charge in [-0.05, 0) is 53.9 Å². The summed E-state index contributed by atoms with van der Waals surface area (Å²) in [5.41, 5.74) is -0.857. The Bertz CT molecular complexity index is 268. The number of likely N-dealkylation sites (tertiary alicyclic amines) is 1. The molecule has 1 aliphatic rings. The Morgan fingerprint density at radius 3 is 2.44 bits per heavy atom. The van der Waals surface area contributed by atoms with Crippen LogP contribution in [-0.4, -0.2) is 33.5 Å². The van der Waals surface area contributed by atoms with Gasteiger partial charge in [0.15, 0.2) is 0 Å². The lowest BCUT2D eigenvalue weighted by molar-refractivity contribution is -0.0911. The molecule has 16 heavy (non-hydrogen) atoms. The lowest BCUT2D eigenvalue weighted by Gasteiger charge is -2.45. The van der Waals surface area contributed by atoms with Crippen molar-refractivity contribution in [3.8, 4) is 0 Å². The molecule has 1 heterocycles. The SMILES string of the molecule is CC(C)(C)OC(=O)N1C(O)CCCC1(C)C. The Morgan fingerprint density at radius 2 is 2.00 bits per heavy atom. The molecule has 1 fully saturated rings. The molecule has 4 nitrogen and oxygen atoms in total. The number of rotatable bonds is 0. The molecule has 0 bridgehead atoms. The molecule has 1 atom stereocenters. The lowest BCUT2D eigenvalue weighted by Crippen LogP contribution is -2.57. The molecule has 1 saturated heterocycles. The lowest BCUT2D eigenvalue weighted by atomic mass is 9.90. The van der Waals surface area contributed by atoms with E-state index in [1.807, 2.05) is 34.6 Å². The second-order valence-electron chi connectivity index (χ2n) is 6.04. The van der Waals surface area contributed by atoms with E-state index in [1.54, 1.807) is 0 Å². The molecule has 0 aromatic rings. The van der Waals surface area contributed by atoms with E-state index in [1.165, 1.54) is 4.90 Å². The van der Waals surface area contributed by atoms with Crippen molar-refractivity contribution < 1.29 is 14.6 Å². The maximum atomic E-state index is 12.0. The summed E-state index contributed by atoms with van der Waals surface area (Å²) < 4.78 is 5.31. The molecule has 0 aromatic carbocycles. The first-order chi connectivity index (χ1) is 7.13. The number of aliphatic hydroxyl groups excluding tert-OH is 1. The summed E-state index contributed by atoms with van der Waals surface area (Å²) in [6.45, 7) is 9.40. The van der Waals surface area contributed by atoms with Crippen molar-refractivity contribution in [2.24, 2.45) is 0 Å². The standard InChI is InChI=1S/C12H23NO3/c1-11(2,3)16-10(15)13-9(14)7-6-8-12(13,4)5/h9,14H,6-8H2,1-5H3. The Morgan fingerprint density at radius 1 is 1.44 bits per heavy atom. The van der Waals surface area contributed by atoms with Gasteiger partial charge in [-0.3, -0.25) is 4.90 Å². The van der Waals surface area contributed by atoms with Gasteiger partial charge in [-0.2, -0.15) is 0 Å². The summed E-state index contributed by atoms with van der Waals surface area (Å²) in [6.07, 6.45) is 1.31. The second kappa shape index (κ2) is 4.24. The van der Waals surface area contributed by atoms with E-state index in [-0.39, 0.29) is 5.54 Å². The van der Waals surface area contributed by atoms with E-state index in [4.69, 9.17) is 4.74 Å². The van der Waals surface area contributed by atoms with Gasteiger partial charge in [0.05, 0.1) is 0 Å². The predicted octanol–water partition coefficient (Wildman–Crippen LogP) is 2.50. The van der Waals surface area contributed by atoms with Crippen LogP contribution in [-0.2, 0) is 4.74 Å². The van der Waals surface area contributed by atoms with Gasteiger partial charge in [0, 0.05) is 5.54 Å². The van der Waals surface area contributed by atoms with Gasteiger partial charge < -0.3 is 9.84 Å². The monoisotopic (exact) mass is 229 g/mol. The van der Waals surface area contributed by atoms with E-state index in [0.717, 1.165) is 12.8 Å². The van der Waals surface area contributed by atoms with Crippen LogP contribution in [0.2, 0.25) is 0 Å². The van der Waals surface area contributed by atoms with Crippen molar-refractivity contribution in [2.45, 2.75) is 71.2 Å². The fourth-order valence-electron chi connectivity index (χ4n) is 2.05. The second-order valence-corrected chi connectivity index (χ2v) is 6.04. The minimum absolute atomic E-state index is 0.333. The molecular weight excluding hydrogens is 206 g/mol. The fourth-order valence-corrected chi connectivity index (χ4v) is 2.05. The van der Waals surface area contributed by atoms with Crippen LogP contribution in [0.25, 0.3) is 0 Å². The quantitative estimate of drug-likeness (QED) is 0.694. The maximum absolute atomic E-state index is 12.0. The van der Waals surface area contributed by atoms with Crippen LogP contribution < -0.4 is 0 Å². The highest BCUT2D eigenvalue weighted by molar-refractivity contribution is 5.69. The number of hydrogen-bond acceptors (Lipinski definition) is 3. The van der Waals surface area contributed by atoms with Gasteiger partial charge in [0.1, 0.15) is 11.8 Å².